The molecule has 1 heterocycles. The van der Waals surface area contributed by atoms with Crippen molar-refractivity contribution in [2.45, 2.75) is 19.8 Å². The van der Waals surface area contributed by atoms with E-state index in [0.29, 0.717) is 28.8 Å². The van der Waals surface area contributed by atoms with Gasteiger partial charge >= 0.3 is 5.97 Å². The third kappa shape index (κ3) is 4.81. The van der Waals surface area contributed by atoms with E-state index in [2.05, 4.69) is 0 Å². The van der Waals surface area contributed by atoms with Gasteiger partial charge in [0.15, 0.2) is 11.6 Å². The molecule has 0 aliphatic carbocycles. The molecule has 28 heavy (non-hydrogen) atoms. The third-order valence-corrected chi connectivity index (χ3v) is 5.19. The van der Waals surface area contributed by atoms with Gasteiger partial charge in [0.05, 0.1) is 17.0 Å². The zero-order valence-corrected chi connectivity index (χ0v) is 16.3. The minimum absolute atomic E-state index is 0.0426. The summed E-state index contributed by atoms with van der Waals surface area (Å²) in [5, 5.41) is 1.86. The van der Waals surface area contributed by atoms with Crippen LogP contribution in [-0.4, -0.2) is 24.1 Å². The van der Waals surface area contributed by atoms with Crippen molar-refractivity contribution < 1.29 is 19.1 Å². The van der Waals surface area contributed by atoms with Crippen molar-refractivity contribution in [1.82, 2.24) is 0 Å². The number of carbonyl (C=O) groups is 3. The van der Waals surface area contributed by atoms with Gasteiger partial charge in [0.1, 0.15) is 0 Å². The molecule has 0 aliphatic rings. The number of Topliss-reactive ketones (excluding diaryl/α,β-unsaturated/α-hetero) is 1. The molecular weight excluding hydrogens is 372 g/mol. The number of hydrogen-bond acceptors (Lipinski definition) is 5. The van der Waals surface area contributed by atoms with E-state index in [1.54, 1.807) is 42.5 Å². The Balaban J connectivity index is 1.62. The normalized spacial score (nSPS) is 10.5. The highest BCUT2D eigenvalue weighted by Crippen LogP contribution is 2.17. The molecule has 0 saturated carbocycles. The van der Waals surface area contributed by atoms with Crippen molar-refractivity contribution in [1.29, 1.82) is 0 Å². The number of hydrogen-bond donors (Lipinski definition) is 0. The minimum atomic E-state index is -0.556. The Kier molecular flexibility index (Phi) is 6.50. The summed E-state index contributed by atoms with van der Waals surface area (Å²) in [4.78, 5) is 37.9. The molecule has 0 bridgehead atoms. The number of carbonyl (C=O) groups excluding carboxylic acids is 3. The number of esters is 1. The molecule has 3 aromatic rings. The molecule has 2 aromatic carbocycles. The van der Waals surface area contributed by atoms with E-state index in [1.807, 2.05) is 30.5 Å². The van der Waals surface area contributed by atoms with Gasteiger partial charge in [0, 0.05) is 17.5 Å². The number of rotatable bonds is 8. The van der Waals surface area contributed by atoms with Crippen molar-refractivity contribution in [3.63, 3.8) is 0 Å². The Morgan fingerprint density at radius 2 is 1.61 bits per heavy atom. The van der Waals surface area contributed by atoms with Crippen LogP contribution in [0.2, 0.25) is 0 Å². The Morgan fingerprint density at radius 1 is 0.893 bits per heavy atom. The summed E-state index contributed by atoms with van der Waals surface area (Å²) in [7, 11) is 0. The highest BCUT2D eigenvalue weighted by atomic mass is 32.1. The lowest BCUT2D eigenvalue weighted by Crippen LogP contribution is -2.13. The maximum absolute atomic E-state index is 12.8. The average Bonchev–Trinajstić information content (AvgIpc) is 3.26. The van der Waals surface area contributed by atoms with Crippen LogP contribution < -0.4 is 0 Å². The Labute approximate surface area is 167 Å². The molecule has 0 unspecified atom stereocenters. The summed E-state index contributed by atoms with van der Waals surface area (Å²) in [6.45, 7) is 2.08. The Bertz CT molecular complexity index is 972. The van der Waals surface area contributed by atoms with Crippen molar-refractivity contribution in [2.24, 2.45) is 0 Å². The number of thiophene rings is 1. The number of aryl methyl sites for hydroxylation is 1. The first-order valence-electron chi connectivity index (χ1n) is 9.00. The van der Waals surface area contributed by atoms with Gasteiger partial charge in [-0.1, -0.05) is 54.1 Å². The van der Waals surface area contributed by atoms with Crippen LogP contribution in [0.3, 0.4) is 0 Å². The number of ketones is 2. The lowest BCUT2D eigenvalue weighted by atomic mass is 9.98. The molecule has 0 atom stereocenters. The van der Waals surface area contributed by atoms with E-state index in [4.69, 9.17) is 4.74 Å². The molecule has 142 valence electrons. The van der Waals surface area contributed by atoms with Gasteiger partial charge in [0.2, 0.25) is 0 Å². The first-order chi connectivity index (χ1) is 13.6. The van der Waals surface area contributed by atoms with Crippen molar-refractivity contribution >= 4 is 28.9 Å². The molecule has 1 aromatic heterocycles. The molecule has 0 radical (unpaired) electrons. The van der Waals surface area contributed by atoms with E-state index >= 15 is 0 Å². The summed E-state index contributed by atoms with van der Waals surface area (Å²) in [6.07, 6.45) is 0.758. The molecule has 0 N–H and O–H groups in total. The fraction of sp³-hybridized carbons (Fsp3) is 0.174. The smallest absolute Gasteiger partial charge is 0.338 e. The highest BCUT2D eigenvalue weighted by molar-refractivity contribution is 7.12. The van der Waals surface area contributed by atoms with Crippen LogP contribution in [0.15, 0.2) is 66.0 Å². The van der Waals surface area contributed by atoms with E-state index in [1.165, 1.54) is 11.3 Å². The van der Waals surface area contributed by atoms with E-state index < -0.39 is 5.97 Å². The van der Waals surface area contributed by atoms with Crippen LogP contribution in [0.25, 0.3) is 0 Å². The molecule has 0 amide bonds. The second-order valence-corrected chi connectivity index (χ2v) is 7.33. The van der Waals surface area contributed by atoms with E-state index in [0.717, 1.165) is 5.56 Å². The van der Waals surface area contributed by atoms with Crippen LogP contribution in [0.1, 0.15) is 54.4 Å². The summed E-state index contributed by atoms with van der Waals surface area (Å²) in [5.41, 5.74) is 2.12. The van der Waals surface area contributed by atoms with E-state index in [9.17, 15) is 14.4 Å². The van der Waals surface area contributed by atoms with E-state index in [-0.39, 0.29) is 23.7 Å². The van der Waals surface area contributed by atoms with Crippen LogP contribution in [0.4, 0.5) is 0 Å². The second kappa shape index (κ2) is 9.24. The van der Waals surface area contributed by atoms with Gasteiger partial charge < -0.3 is 4.74 Å². The van der Waals surface area contributed by atoms with Gasteiger partial charge in [-0.3, -0.25) is 9.59 Å². The monoisotopic (exact) mass is 392 g/mol. The summed E-state index contributed by atoms with van der Waals surface area (Å²) >= 11 is 1.40. The molecule has 3 rings (SSSR count). The SMILES string of the molecule is Cc1ccc(C(=O)c2ccccc2C(=O)OCCCC(=O)c2cccs2)cc1. The number of benzene rings is 2. The first kappa shape index (κ1) is 19.7. The maximum Gasteiger partial charge on any atom is 0.338 e. The predicted molar refractivity (Wildman–Crippen MR) is 109 cm³/mol. The van der Waals surface area contributed by atoms with Gasteiger partial charge in [-0.15, -0.1) is 11.3 Å². The molecular formula is C23H20O4S. The van der Waals surface area contributed by atoms with Gasteiger partial charge in [-0.2, -0.15) is 0 Å². The van der Waals surface area contributed by atoms with Crippen LogP contribution in [-0.2, 0) is 4.74 Å². The third-order valence-electron chi connectivity index (χ3n) is 4.28. The minimum Gasteiger partial charge on any atom is -0.462 e. The molecule has 0 spiro atoms. The Morgan fingerprint density at radius 3 is 2.29 bits per heavy atom. The standard InChI is InChI=1S/C23H20O4S/c1-16-10-12-17(13-11-16)22(25)18-6-2-3-7-19(18)23(26)27-14-4-8-20(24)21-9-5-15-28-21/h2-3,5-7,9-13,15H,4,8,14H2,1H3. The van der Waals surface area contributed by atoms with Crippen LogP contribution in [0.5, 0.6) is 0 Å². The van der Waals surface area contributed by atoms with Crippen molar-refractivity contribution in [3.05, 3.63) is 93.2 Å². The number of ether oxygens (including phenoxy) is 1. The maximum atomic E-state index is 12.8. The summed E-state index contributed by atoms with van der Waals surface area (Å²) in [6, 6.07) is 17.5. The molecule has 0 aliphatic heterocycles. The van der Waals surface area contributed by atoms with Crippen LogP contribution >= 0.6 is 11.3 Å². The van der Waals surface area contributed by atoms with Gasteiger partial charge in [-0.05, 0) is 30.9 Å². The summed E-state index contributed by atoms with van der Waals surface area (Å²) < 4.78 is 5.30. The fourth-order valence-corrected chi connectivity index (χ4v) is 3.45. The molecule has 4 nitrogen and oxygen atoms in total. The zero-order chi connectivity index (χ0) is 19.9. The van der Waals surface area contributed by atoms with Gasteiger partial charge in [0.25, 0.3) is 0 Å². The lowest BCUT2D eigenvalue weighted by Gasteiger charge is -2.09. The zero-order valence-electron chi connectivity index (χ0n) is 15.5. The summed E-state index contributed by atoms with van der Waals surface area (Å²) in [5.74, 6) is -0.735. The van der Waals surface area contributed by atoms with Gasteiger partial charge in [-0.25, -0.2) is 4.79 Å². The molecule has 0 saturated heterocycles. The quantitative estimate of drug-likeness (QED) is 0.304. The molecule has 0 fully saturated rings. The lowest BCUT2D eigenvalue weighted by molar-refractivity contribution is 0.0491. The highest BCUT2D eigenvalue weighted by Gasteiger charge is 2.19. The fourth-order valence-electron chi connectivity index (χ4n) is 2.76. The van der Waals surface area contributed by atoms with Crippen LogP contribution in [0, 0.1) is 6.92 Å². The van der Waals surface area contributed by atoms with Crippen molar-refractivity contribution in [2.75, 3.05) is 6.61 Å². The Hall–Kier alpha value is -3.05. The average molecular weight is 392 g/mol. The first-order valence-corrected chi connectivity index (χ1v) is 9.88. The van der Waals surface area contributed by atoms with Crippen molar-refractivity contribution in [3.8, 4) is 0 Å². The topological polar surface area (TPSA) is 60.4 Å². The predicted octanol–water partition coefficient (Wildman–Crippen LogP) is 5.11. The molecule has 5 heteroatoms. The second-order valence-electron chi connectivity index (χ2n) is 6.38. The largest absolute Gasteiger partial charge is 0.462 e.